The first-order chi connectivity index (χ1) is 13.9. The van der Waals surface area contributed by atoms with E-state index < -0.39 is 11.2 Å². The maximum Gasteiger partial charge on any atom is 0.149 e. The Bertz CT molecular complexity index is 958. The first kappa shape index (κ1) is 20.8. The van der Waals surface area contributed by atoms with Crippen LogP contribution in [0.25, 0.3) is 0 Å². The summed E-state index contributed by atoms with van der Waals surface area (Å²) in [6, 6.07) is 14.5. The summed E-state index contributed by atoms with van der Waals surface area (Å²) >= 11 is 6.44. The van der Waals surface area contributed by atoms with Crippen LogP contribution in [0.1, 0.15) is 25.0 Å². The third-order valence-corrected chi connectivity index (χ3v) is 5.06. The number of benzene rings is 2. The summed E-state index contributed by atoms with van der Waals surface area (Å²) in [6.07, 6.45) is 4.56. The number of oxime groups is 1. The minimum atomic E-state index is -1.49. The molecule has 0 radical (unpaired) electrons. The van der Waals surface area contributed by atoms with Gasteiger partial charge in [-0.3, -0.25) is 0 Å². The molecule has 1 atom stereocenters. The van der Waals surface area contributed by atoms with Gasteiger partial charge in [0.25, 0.3) is 0 Å². The zero-order valence-electron chi connectivity index (χ0n) is 16.5. The molecule has 1 heterocycles. The van der Waals surface area contributed by atoms with Gasteiger partial charge in [0.1, 0.15) is 36.7 Å². The summed E-state index contributed by atoms with van der Waals surface area (Å²) in [5, 5.41) is 20.2. The topological polar surface area (TPSA) is 81.8 Å². The Morgan fingerprint density at radius 3 is 2.52 bits per heavy atom. The molecule has 0 spiro atoms. The highest BCUT2D eigenvalue weighted by atomic mass is 35.5. The van der Waals surface area contributed by atoms with Crippen molar-refractivity contribution in [3.8, 4) is 5.75 Å². The lowest BCUT2D eigenvalue weighted by molar-refractivity contribution is -0.133. The van der Waals surface area contributed by atoms with Gasteiger partial charge in [0.15, 0.2) is 0 Å². The van der Waals surface area contributed by atoms with Crippen molar-refractivity contribution in [2.75, 3.05) is 7.11 Å². The fourth-order valence-electron chi connectivity index (χ4n) is 3.06. The van der Waals surface area contributed by atoms with E-state index in [1.165, 1.54) is 13.4 Å². The van der Waals surface area contributed by atoms with E-state index in [0.29, 0.717) is 16.3 Å². The zero-order valence-corrected chi connectivity index (χ0v) is 17.2. The van der Waals surface area contributed by atoms with Crippen LogP contribution in [0.4, 0.5) is 0 Å². The first-order valence-electron chi connectivity index (χ1n) is 9.01. The highest BCUT2D eigenvalue weighted by molar-refractivity contribution is 6.31. The molecule has 152 valence electrons. The van der Waals surface area contributed by atoms with Crippen molar-refractivity contribution in [3.05, 3.63) is 77.3 Å². The number of hydrogen-bond donors (Lipinski definition) is 1. The highest BCUT2D eigenvalue weighted by Crippen LogP contribution is 2.40. The van der Waals surface area contributed by atoms with Crippen LogP contribution in [0.3, 0.4) is 0 Å². The van der Waals surface area contributed by atoms with Gasteiger partial charge in [0, 0.05) is 10.6 Å². The standard InChI is InChI=1S/C21H23ClN4O3/c1-20(2,29-17-10-8-16(9-11-17)12-25-28-3)21(27,13-26-15-23-14-24-26)18-6-4-5-7-19(18)22/h4-12,14-15,27H,13H2,1-3H3. The minimum absolute atomic E-state index is 0.113. The molecule has 0 aliphatic carbocycles. The van der Waals surface area contributed by atoms with Gasteiger partial charge in [0.2, 0.25) is 0 Å². The minimum Gasteiger partial charge on any atom is -0.484 e. The van der Waals surface area contributed by atoms with E-state index in [1.807, 2.05) is 38.1 Å². The summed E-state index contributed by atoms with van der Waals surface area (Å²) < 4.78 is 7.79. The predicted molar refractivity (Wildman–Crippen MR) is 111 cm³/mol. The van der Waals surface area contributed by atoms with E-state index >= 15 is 0 Å². The molecular weight excluding hydrogens is 392 g/mol. The number of nitrogens with zero attached hydrogens (tertiary/aromatic N) is 4. The molecule has 8 heteroatoms. The van der Waals surface area contributed by atoms with Crippen molar-refractivity contribution in [2.24, 2.45) is 5.16 Å². The van der Waals surface area contributed by atoms with Crippen LogP contribution in [0.5, 0.6) is 5.75 Å². The first-order valence-corrected chi connectivity index (χ1v) is 9.39. The van der Waals surface area contributed by atoms with Crippen LogP contribution in [0.2, 0.25) is 5.02 Å². The van der Waals surface area contributed by atoms with Gasteiger partial charge in [-0.2, -0.15) is 5.10 Å². The van der Waals surface area contributed by atoms with E-state index in [2.05, 4.69) is 15.2 Å². The molecule has 0 saturated carbocycles. The van der Waals surface area contributed by atoms with E-state index in [1.54, 1.807) is 41.5 Å². The van der Waals surface area contributed by atoms with Gasteiger partial charge < -0.3 is 14.7 Å². The zero-order chi connectivity index (χ0) is 20.9. The lowest BCUT2D eigenvalue weighted by atomic mass is 9.79. The lowest BCUT2D eigenvalue weighted by Gasteiger charge is -2.43. The number of ether oxygens (including phenoxy) is 1. The summed E-state index contributed by atoms with van der Waals surface area (Å²) in [6.45, 7) is 3.74. The second kappa shape index (κ2) is 8.63. The van der Waals surface area contributed by atoms with Crippen LogP contribution in [-0.4, -0.2) is 38.8 Å². The Kier molecular flexibility index (Phi) is 6.20. The third-order valence-electron chi connectivity index (χ3n) is 4.73. The van der Waals surface area contributed by atoms with E-state index in [-0.39, 0.29) is 6.54 Å². The molecule has 7 nitrogen and oxygen atoms in total. The number of aromatic nitrogens is 3. The molecule has 1 unspecified atom stereocenters. The second-order valence-electron chi connectivity index (χ2n) is 7.03. The SMILES string of the molecule is CON=Cc1ccc(OC(C)(C)C(O)(Cn2cncn2)c2ccccc2Cl)cc1. The van der Waals surface area contributed by atoms with Crippen LogP contribution < -0.4 is 4.74 Å². The lowest BCUT2D eigenvalue weighted by Crippen LogP contribution is -2.54. The van der Waals surface area contributed by atoms with Gasteiger partial charge in [-0.1, -0.05) is 35.0 Å². The van der Waals surface area contributed by atoms with Gasteiger partial charge in [0.05, 0.1) is 12.8 Å². The van der Waals surface area contributed by atoms with Crippen molar-refractivity contribution < 1.29 is 14.7 Å². The van der Waals surface area contributed by atoms with Crippen molar-refractivity contribution in [1.82, 2.24) is 14.8 Å². The quantitative estimate of drug-likeness (QED) is 0.449. The Morgan fingerprint density at radius 2 is 1.90 bits per heavy atom. The molecule has 0 amide bonds. The van der Waals surface area contributed by atoms with Crippen molar-refractivity contribution >= 4 is 17.8 Å². The molecule has 2 aromatic carbocycles. The van der Waals surface area contributed by atoms with Crippen molar-refractivity contribution in [1.29, 1.82) is 0 Å². The van der Waals surface area contributed by atoms with E-state index in [0.717, 1.165) is 5.56 Å². The van der Waals surface area contributed by atoms with Crippen LogP contribution in [-0.2, 0) is 17.0 Å². The van der Waals surface area contributed by atoms with Crippen LogP contribution in [0.15, 0.2) is 66.3 Å². The molecule has 0 fully saturated rings. The average molecular weight is 415 g/mol. The predicted octanol–water partition coefficient (Wildman–Crippen LogP) is 3.66. The Balaban J connectivity index is 1.95. The van der Waals surface area contributed by atoms with Crippen molar-refractivity contribution in [3.63, 3.8) is 0 Å². The van der Waals surface area contributed by atoms with Crippen LogP contribution >= 0.6 is 11.6 Å². The van der Waals surface area contributed by atoms with Gasteiger partial charge >= 0.3 is 0 Å². The normalized spacial score (nSPS) is 14.0. The number of hydrogen-bond acceptors (Lipinski definition) is 6. The summed E-state index contributed by atoms with van der Waals surface area (Å²) in [5.74, 6) is 0.591. The largest absolute Gasteiger partial charge is 0.484 e. The molecule has 1 aromatic heterocycles. The molecular formula is C21H23ClN4O3. The number of halogens is 1. The van der Waals surface area contributed by atoms with Crippen molar-refractivity contribution in [2.45, 2.75) is 31.6 Å². The van der Waals surface area contributed by atoms with E-state index in [4.69, 9.17) is 21.2 Å². The fourth-order valence-corrected chi connectivity index (χ4v) is 3.35. The maximum absolute atomic E-state index is 11.9. The van der Waals surface area contributed by atoms with Gasteiger partial charge in [-0.25, -0.2) is 9.67 Å². The highest BCUT2D eigenvalue weighted by Gasteiger charge is 2.49. The molecule has 1 N–H and O–H groups in total. The van der Waals surface area contributed by atoms with Gasteiger partial charge in [-0.15, -0.1) is 0 Å². The van der Waals surface area contributed by atoms with Crippen LogP contribution in [0, 0.1) is 0 Å². The summed E-state index contributed by atoms with van der Waals surface area (Å²) in [5.41, 5.74) is -1.15. The number of aliphatic hydroxyl groups is 1. The average Bonchev–Trinajstić information content (AvgIpc) is 3.20. The molecule has 0 saturated heterocycles. The van der Waals surface area contributed by atoms with Gasteiger partial charge in [-0.05, 0) is 49.7 Å². The molecule has 0 aliphatic rings. The molecule has 3 aromatic rings. The fraction of sp³-hybridized carbons (Fsp3) is 0.286. The molecule has 0 bridgehead atoms. The van der Waals surface area contributed by atoms with E-state index in [9.17, 15) is 5.11 Å². The smallest absolute Gasteiger partial charge is 0.149 e. The summed E-state index contributed by atoms with van der Waals surface area (Å²) in [7, 11) is 1.49. The summed E-state index contributed by atoms with van der Waals surface area (Å²) in [4.78, 5) is 8.66. The number of rotatable bonds is 8. The Labute approximate surface area is 174 Å². The molecule has 3 rings (SSSR count). The second-order valence-corrected chi connectivity index (χ2v) is 7.44. The molecule has 29 heavy (non-hydrogen) atoms. The Hall–Kier alpha value is -2.90. The maximum atomic E-state index is 11.9. The third kappa shape index (κ3) is 4.58. The molecule has 0 aliphatic heterocycles. The Morgan fingerprint density at radius 1 is 1.17 bits per heavy atom. The monoisotopic (exact) mass is 414 g/mol.